The van der Waals surface area contributed by atoms with E-state index in [1.807, 2.05) is 19.1 Å². The van der Waals surface area contributed by atoms with E-state index in [1.165, 1.54) is 12.1 Å². The van der Waals surface area contributed by atoms with Gasteiger partial charge in [0.05, 0.1) is 5.56 Å². The van der Waals surface area contributed by atoms with Crippen molar-refractivity contribution in [2.45, 2.75) is 25.6 Å². The second-order valence-electron chi connectivity index (χ2n) is 4.46. The van der Waals surface area contributed by atoms with Crippen molar-refractivity contribution in [2.75, 3.05) is 0 Å². The van der Waals surface area contributed by atoms with E-state index in [9.17, 15) is 13.2 Å². The Labute approximate surface area is 113 Å². The molecule has 1 nitrogen and oxygen atoms in total. The number of halogens is 3. The number of thiophene rings is 1. The average Bonchev–Trinajstić information content (AvgIpc) is 2.75. The van der Waals surface area contributed by atoms with Crippen LogP contribution in [-0.2, 0) is 12.6 Å². The van der Waals surface area contributed by atoms with Gasteiger partial charge in [-0.25, -0.2) is 0 Å². The van der Waals surface area contributed by atoms with Gasteiger partial charge in [-0.05, 0) is 37.1 Å². The number of aryl methyl sites for hydroxylation is 1. The van der Waals surface area contributed by atoms with Gasteiger partial charge in [-0.15, -0.1) is 11.3 Å². The van der Waals surface area contributed by atoms with Crippen LogP contribution in [0.4, 0.5) is 13.2 Å². The lowest BCUT2D eigenvalue weighted by Gasteiger charge is -2.12. The third kappa shape index (κ3) is 3.58. The summed E-state index contributed by atoms with van der Waals surface area (Å²) in [5, 5.41) is 0. The van der Waals surface area contributed by atoms with Crippen molar-refractivity contribution in [1.29, 1.82) is 0 Å². The van der Waals surface area contributed by atoms with Gasteiger partial charge in [0.2, 0.25) is 0 Å². The molecular weight excluding hydrogens is 271 g/mol. The van der Waals surface area contributed by atoms with Crippen molar-refractivity contribution in [3.05, 3.63) is 57.3 Å². The fourth-order valence-electron chi connectivity index (χ4n) is 1.88. The predicted molar refractivity (Wildman–Crippen MR) is 71.1 cm³/mol. The van der Waals surface area contributed by atoms with Crippen molar-refractivity contribution < 1.29 is 13.2 Å². The largest absolute Gasteiger partial charge is 0.416 e. The zero-order valence-corrected chi connectivity index (χ0v) is 11.2. The molecule has 1 aromatic heterocycles. The van der Waals surface area contributed by atoms with Crippen LogP contribution in [0.5, 0.6) is 0 Å². The third-order valence-corrected chi connectivity index (χ3v) is 3.97. The maximum absolute atomic E-state index is 12.6. The molecule has 2 aromatic rings. The molecule has 0 radical (unpaired) electrons. The molecule has 0 saturated carbocycles. The lowest BCUT2D eigenvalue weighted by molar-refractivity contribution is -0.137. The minimum atomic E-state index is -4.31. The molecule has 0 saturated heterocycles. The van der Waals surface area contributed by atoms with Gasteiger partial charge in [0, 0.05) is 15.8 Å². The van der Waals surface area contributed by atoms with Gasteiger partial charge in [-0.1, -0.05) is 18.2 Å². The molecule has 0 amide bonds. The van der Waals surface area contributed by atoms with Crippen LogP contribution < -0.4 is 5.73 Å². The summed E-state index contributed by atoms with van der Waals surface area (Å²) in [4.78, 5) is 2.14. The Kier molecular flexibility index (Phi) is 3.96. The van der Waals surface area contributed by atoms with Crippen LogP contribution in [0.15, 0.2) is 36.4 Å². The Hall–Kier alpha value is -1.33. The summed E-state index contributed by atoms with van der Waals surface area (Å²) in [6.07, 6.45) is -3.90. The SMILES string of the molecule is Cc1ccc(C(N)Cc2cccc(C(F)(F)F)c2)s1. The maximum atomic E-state index is 12.6. The molecule has 2 rings (SSSR count). The van der Waals surface area contributed by atoms with Crippen LogP contribution in [-0.4, -0.2) is 0 Å². The fourth-order valence-corrected chi connectivity index (χ4v) is 2.76. The van der Waals surface area contributed by atoms with E-state index in [0.717, 1.165) is 15.8 Å². The summed E-state index contributed by atoms with van der Waals surface area (Å²) < 4.78 is 37.8. The number of benzene rings is 1. The maximum Gasteiger partial charge on any atom is 0.416 e. The van der Waals surface area contributed by atoms with Gasteiger partial charge in [-0.2, -0.15) is 13.2 Å². The van der Waals surface area contributed by atoms with Crippen LogP contribution in [0.3, 0.4) is 0 Å². The number of rotatable bonds is 3. The lowest BCUT2D eigenvalue weighted by Crippen LogP contribution is -2.12. The quantitative estimate of drug-likeness (QED) is 0.893. The number of hydrogen-bond donors (Lipinski definition) is 1. The standard InChI is InChI=1S/C14H14F3NS/c1-9-5-6-13(19-9)12(18)8-10-3-2-4-11(7-10)14(15,16)17/h2-7,12H,8,18H2,1H3. The van der Waals surface area contributed by atoms with Crippen molar-refractivity contribution in [3.63, 3.8) is 0 Å². The first kappa shape index (κ1) is 14.1. The van der Waals surface area contributed by atoms with Crippen LogP contribution in [0.2, 0.25) is 0 Å². The molecule has 1 heterocycles. The molecule has 1 unspecified atom stereocenters. The third-order valence-electron chi connectivity index (χ3n) is 2.84. The van der Waals surface area contributed by atoms with E-state index in [4.69, 9.17) is 5.73 Å². The Bertz CT molecular complexity index is 560. The van der Waals surface area contributed by atoms with Crippen molar-refractivity contribution in [3.8, 4) is 0 Å². The smallest absolute Gasteiger partial charge is 0.323 e. The summed E-state index contributed by atoms with van der Waals surface area (Å²) in [6.45, 7) is 1.98. The van der Waals surface area contributed by atoms with Crippen LogP contribution >= 0.6 is 11.3 Å². The normalized spacial score (nSPS) is 13.5. The van der Waals surface area contributed by atoms with E-state index in [2.05, 4.69) is 0 Å². The molecule has 0 fully saturated rings. The van der Waals surface area contributed by atoms with Gasteiger partial charge in [-0.3, -0.25) is 0 Å². The Morgan fingerprint density at radius 3 is 2.53 bits per heavy atom. The highest BCUT2D eigenvalue weighted by Crippen LogP contribution is 2.31. The first-order chi connectivity index (χ1) is 8.86. The molecule has 1 aromatic carbocycles. The first-order valence-electron chi connectivity index (χ1n) is 5.84. The minimum Gasteiger partial charge on any atom is -0.323 e. The minimum absolute atomic E-state index is 0.262. The number of hydrogen-bond acceptors (Lipinski definition) is 2. The Morgan fingerprint density at radius 1 is 1.21 bits per heavy atom. The second-order valence-corrected chi connectivity index (χ2v) is 5.78. The molecule has 2 N–H and O–H groups in total. The molecule has 0 aliphatic carbocycles. The van der Waals surface area contributed by atoms with Gasteiger partial charge in [0.1, 0.15) is 0 Å². The zero-order chi connectivity index (χ0) is 14.0. The molecule has 0 aliphatic heterocycles. The van der Waals surface area contributed by atoms with Gasteiger partial charge in [0.25, 0.3) is 0 Å². The number of nitrogens with two attached hydrogens (primary N) is 1. The lowest BCUT2D eigenvalue weighted by atomic mass is 10.0. The summed E-state index contributed by atoms with van der Waals surface area (Å²) in [6, 6.07) is 8.97. The highest BCUT2D eigenvalue weighted by atomic mass is 32.1. The van der Waals surface area contributed by atoms with E-state index in [0.29, 0.717) is 12.0 Å². The summed E-state index contributed by atoms with van der Waals surface area (Å²) >= 11 is 1.58. The predicted octanol–water partition coefficient (Wildman–Crippen LogP) is 4.32. The molecule has 5 heteroatoms. The summed E-state index contributed by atoms with van der Waals surface area (Å²) in [7, 11) is 0. The van der Waals surface area contributed by atoms with Crippen molar-refractivity contribution in [2.24, 2.45) is 5.73 Å². The monoisotopic (exact) mass is 285 g/mol. The summed E-state index contributed by atoms with van der Waals surface area (Å²) in [5.41, 5.74) is 6.01. The average molecular weight is 285 g/mol. The molecule has 19 heavy (non-hydrogen) atoms. The van der Waals surface area contributed by atoms with Crippen LogP contribution in [0.25, 0.3) is 0 Å². The highest BCUT2D eigenvalue weighted by Gasteiger charge is 2.30. The second kappa shape index (κ2) is 5.35. The first-order valence-corrected chi connectivity index (χ1v) is 6.66. The van der Waals surface area contributed by atoms with E-state index in [1.54, 1.807) is 17.4 Å². The molecule has 102 valence electrons. The zero-order valence-electron chi connectivity index (χ0n) is 10.4. The van der Waals surface area contributed by atoms with Crippen molar-refractivity contribution >= 4 is 11.3 Å². The molecular formula is C14H14F3NS. The number of alkyl halides is 3. The highest BCUT2D eigenvalue weighted by molar-refractivity contribution is 7.12. The molecule has 1 atom stereocenters. The molecule has 0 aliphatic rings. The van der Waals surface area contributed by atoms with E-state index >= 15 is 0 Å². The van der Waals surface area contributed by atoms with Crippen LogP contribution in [0, 0.1) is 6.92 Å². The van der Waals surface area contributed by atoms with Crippen molar-refractivity contribution in [1.82, 2.24) is 0 Å². The Balaban J connectivity index is 2.15. The van der Waals surface area contributed by atoms with Gasteiger partial charge < -0.3 is 5.73 Å². The molecule has 0 bridgehead atoms. The topological polar surface area (TPSA) is 26.0 Å². The van der Waals surface area contributed by atoms with E-state index in [-0.39, 0.29) is 6.04 Å². The van der Waals surface area contributed by atoms with Crippen LogP contribution in [0.1, 0.15) is 26.9 Å². The Morgan fingerprint density at radius 2 is 1.95 bits per heavy atom. The van der Waals surface area contributed by atoms with Gasteiger partial charge in [0.15, 0.2) is 0 Å². The fraction of sp³-hybridized carbons (Fsp3) is 0.286. The molecule has 0 spiro atoms. The van der Waals surface area contributed by atoms with E-state index < -0.39 is 11.7 Å². The summed E-state index contributed by atoms with van der Waals surface area (Å²) in [5.74, 6) is 0. The van der Waals surface area contributed by atoms with Gasteiger partial charge >= 0.3 is 6.18 Å².